The van der Waals surface area contributed by atoms with E-state index in [4.69, 9.17) is 16.3 Å². The highest BCUT2D eigenvalue weighted by Gasteiger charge is 2.19. The number of halogens is 2. The third-order valence-electron chi connectivity index (χ3n) is 3.25. The summed E-state index contributed by atoms with van der Waals surface area (Å²) in [5.41, 5.74) is 0.757. The van der Waals surface area contributed by atoms with E-state index in [0.29, 0.717) is 11.3 Å². The molecule has 1 atom stereocenters. The maximum absolute atomic E-state index is 13.5. The van der Waals surface area contributed by atoms with Crippen molar-refractivity contribution in [3.05, 3.63) is 59.1 Å². The Morgan fingerprint density at radius 2 is 2.04 bits per heavy atom. The molecular weight excluding hydrogens is 335 g/mol. The molecule has 1 aromatic carbocycles. The number of esters is 1. The van der Waals surface area contributed by atoms with Crippen molar-refractivity contribution in [3.8, 4) is 0 Å². The smallest absolute Gasteiger partial charge is 0.306 e. The summed E-state index contributed by atoms with van der Waals surface area (Å²) in [5, 5.41) is 2.67. The molecule has 24 heavy (non-hydrogen) atoms. The van der Waals surface area contributed by atoms with Gasteiger partial charge < -0.3 is 10.1 Å². The van der Waals surface area contributed by atoms with Crippen molar-refractivity contribution in [3.63, 3.8) is 0 Å². The van der Waals surface area contributed by atoms with Crippen LogP contribution in [0.5, 0.6) is 0 Å². The first-order valence-corrected chi connectivity index (χ1v) is 7.69. The van der Waals surface area contributed by atoms with Crippen LogP contribution < -0.4 is 5.32 Å². The molecule has 1 amide bonds. The average Bonchev–Trinajstić information content (AvgIpc) is 2.56. The predicted molar refractivity (Wildman–Crippen MR) is 88.2 cm³/mol. The van der Waals surface area contributed by atoms with Gasteiger partial charge in [0.05, 0.1) is 5.69 Å². The second-order valence-electron chi connectivity index (χ2n) is 5.05. The van der Waals surface area contributed by atoms with Gasteiger partial charge in [0.15, 0.2) is 11.3 Å². The minimum absolute atomic E-state index is 0.0216. The number of aryl methyl sites for hydroxylation is 1. The normalized spacial score (nSPS) is 11.6. The summed E-state index contributed by atoms with van der Waals surface area (Å²) in [6.07, 6.45) is 0.666. The number of benzene rings is 1. The number of pyridine rings is 1. The molecule has 0 fully saturated rings. The zero-order chi connectivity index (χ0) is 17.5. The third kappa shape index (κ3) is 5.03. The summed E-state index contributed by atoms with van der Waals surface area (Å²) in [6, 6.07) is 9.40. The Morgan fingerprint density at radius 3 is 2.75 bits per heavy atom. The van der Waals surface area contributed by atoms with Gasteiger partial charge in [-0.05, 0) is 37.1 Å². The number of amides is 1. The molecule has 0 radical (unpaired) electrons. The SMILES string of the molecule is C[C@H](OC(=O)CCc1ccccc1F)C(=O)Nc1cccnc1Cl. The van der Waals surface area contributed by atoms with Gasteiger partial charge in [0.25, 0.3) is 5.91 Å². The molecule has 1 N–H and O–H groups in total. The third-order valence-corrected chi connectivity index (χ3v) is 3.55. The summed E-state index contributed by atoms with van der Waals surface area (Å²) in [7, 11) is 0. The molecule has 126 valence electrons. The van der Waals surface area contributed by atoms with Crippen LogP contribution in [0.2, 0.25) is 5.15 Å². The van der Waals surface area contributed by atoms with Crippen LogP contribution in [0.3, 0.4) is 0 Å². The fraction of sp³-hybridized carbons (Fsp3) is 0.235. The number of nitrogens with zero attached hydrogens (tertiary/aromatic N) is 1. The second-order valence-corrected chi connectivity index (χ2v) is 5.41. The molecule has 1 heterocycles. The molecule has 0 saturated heterocycles. The van der Waals surface area contributed by atoms with Crippen LogP contribution in [0.1, 0.15) is 18.9 Å². The van der Waals surface area contributed by atoms with Gasteiger partial charge in [-0.1, -0.05) is 29.8 Å². The monoisotopic (exact) mass is 350 g/mol. The molecule has 0 aliphatic rings. The molecule has 5 nitrogen and oxygen atoms in total. The van der Waals surface area contributed by atoms with E-state index in [1.165, 1.54) is 19.2 Å². The van der Waals surface area contributed by atoms with Crippen LogP contribution in [-0.4, -0.2) is 23.0 Å². The van der Waals surface area contributed by atoms with E-state index in [-0.39, 0.29) is 23.8 Å². The summed E-state index contributed by atoms with van der Waals surface area (Å²) >= 11 is 5.84. The lowest BCUT2D eigenvalue weighted by Gasteiger charge is -2.14. The van der Waals surface area contributed by atoms with Crippen LogP contribution in [0.4, 0.5) is 10.1 Å². The summed E-state index contributed by atoms with van der Waals surface area (Å²) < 4.78 is 18.5. The van der Waals surface area contributed by atoms with Crippen LogP contribution in [0, 0.1) is 5.82 Å². The highest BCUT2D eigenvalue weighted by atomic mass is 35.5. The number of rotatable bonds is 6. The van der Waals surface area contributed by atoms with Crippen LogP contribution >= 0.6 is 11.6 Å². The zero-order valence-corrected chi connectivity index (χ0v) is 13.7. The van der Waals surface area contributed by atoms with E-state index in [1.54, 1.807) is 30.3 Å². The highest BCUT2D eigenvalue weighted by Crippen LogP contribution is 2.18. The number of hydrogen-bond acceptors (Lipinski definition) is 4. The minimum atomic E-state index is -1.01. The lowest BCUT2D eigenvalue weighted by molar-refractivity contribution is -0.153. The highest BCUT2D eigenvalue weighted by molar-refractivity contribution is 6.32. The number of hydrogen-bond donors (Lipinski definition) is 1. The number of aromatic nitrogens is 1. The average molecular weight is 351 g/mol. The van der Waals surface area contributed by atoms with E-state index >= 15 is 0 Å². The van der Waals surface area contributed by atoms with Crippen molar-refractivity contribution in [2.75, 3.05) is 5.32 Å². The number of carbonyl (C=O) groups is 2. The first-order chi connectivity index (χ1) is 11.5. The van der Waals surface area contributed by atoms with E-state index in [9.17, 15) is 14.0 Å². The van der Waals surface area contributed by atoms with Crippen molar-refractivity contribution in [2.45, 2.75) is 25.9 Å². The van der Waals surface area contributed by atoms with Crippen molar-refractivity contribution >= 4 is 29.2 Å². The number of anilines is 1. The lowest BCUT2D eigenvalue weighted by atomic mass is 10.1. The van der Waals surface area contributed by atoms with Crippen LogP contribution in [0.15, 0.2) is 42.6 Å². The van der Waals surface area contributed by atoms with Gasteiger partial charge in [0.1, 0.15) is 5.82 Å². The number of nitrogens with one attached hydrogen (secondary N) is 1. The standard InChI is InChI=1S/C17H16ClFN2O3/c1-11(17(23)21-14-7-4-10-20-16(14)18)24-15(22)9-8-12-5-2-3-6-13(12)19/h2-7,10-11H,8-9H2,1H3,(H,21,23)/t11-/m0/s1. The van der Waals surface area contributed by atoms with E-state index in [2.05, 4.69) is 10.3 Å². The molecule has 1 aromatic heterocycles. The topological polar surface area (TPSA) is 68.3 Å². The maximum Gasteiger partial charge on any atom is 0.306 e. The second kappa shape index (κ2) is 8.40. The Morgan fingerprint density at radius 1 is 1.29 bits per heavy atom. The largest absolute Gasteiger partial charge is 0.453 e. The van der Waals surface area contributed by atoms with Crippen LogP contribution in [0.25, 0.3) is 0 Å². The van der Waals surface area contributed by atoms with Gasteiger partial charge in [-0.2, -0.15) is 0 Å². The molecule has 2 rings (SSSR count). The van der Waals surface area contributed by atoms with Gasteiger partial charge in [0.2, 0.25) is 0 Å². The Kier molecular flexibility index (Phi) is 6.26. The van der Waals surface area contributed by atoms with Crippen molar-refractivity contribution < 1.29 is 18.7 Å². The molecule has 0 aliphatic heterocycles. The maximum atomic E-state index is 13.5. The molecule has 0 saturated carbocycles. The van der Waals surface area contributed by atoms with E-state index in [1.807, 2.05) is 0 Å². The number of carbonyl (C=O) groups excluding carboxylic acids is 2. The Balaban J connectivity index is 1.84. The van der Waals surface area contributed by atoms with Crippen molar-refractivity contribution in [1.82, 2.24) is 4.98 Å². The first kappa shape index (κ1) is 17.9. The van der Waals surface area contributed by atoms with Crippen molar-refractivity contribution in [1.29, 1.82) is 0 Å². The van der Waals surface area contributed by atoms with Crippen molar-refractivity contribution in [2.24, 2.45) is 0 Å². The van der Waals surface area contributed by atoms with Gasteiger partial charge in [-0.3, -0.25) is 9.59 Å². The fourth-order valence-corrected chi connectivity index (χ4v) is 2.13. The minimum Gasteiger partial charge on any atom is -0.453 e. The number of ether oxygens (including phenoxy) is 1. The van der Waals surface area contributed by atoms with Gasteiger partial charge in [0, 0.05) is 12.6 Å². The quantitative estimate of drug-likeness (QED) is 0.640. The molecule has 2 aromatic rings. The van der Waals surface area contributed by atoms with Gasteiger partial charge in [-0.15, -0.1) is 0 Å². The Labute approximate surface area is 143 Å². The summed E-state index contributed by atoms with van der Waals surface area (Å²) in [6.45, 7) is 1.45. The van der Waals surface area contributed by atoms with E-state index < -0.39 is 18.0 Å². The summed E-state index contributed by atoms with van der Waals surface area (Å²) in [5.74, 6) is -1.48. The molecular formula is C17H16ClFN2O3. The lowest BCUT2D eigenvalue weighted by Crippen LogP contribution is -2.30. The summed E-state index contributed by atoms with van der Waals surface area (Å²) in [4.78, 5) is 27.6. The van der Waals surface area contributed by atoms with E-state index in [0.717, 1.165) is 0 Å². The molecule has 0 aliphatic carbocycles. The van der Waals surface area contributed by atoms with Crippen LogP contribution in [-0.2, 0) is 20.7 Å². The Bertz CT molecular complexity index is 739. The molecule has 0 spiro atoms. The first-order valence-electron chi connectivity index (χ1n) is 7.31. The Hall–Kier alpha value is -2.47. The fourth-order valence-electron chi connectivity index (χ4n) is 1.96. The molecule has 0 unspecified atom stereocenters. The van der Waals surface area contributed by atoms with Gasteiger partial charge in [-0.25, -0.2) is 9.37 Å². The van der Waals surface area contributed by atoms with Gasteiger partial charge >= 0.3 is 5.97 Å². The molecule has 0 bridgehead atoms. The zero-order valence-electron chi connectivity index (χ0n) is 13.0. The molecule has 7 heteroatoms. The predicted octanol–water partition coefficient (Wildman–Crippen LogP) is 3.38.